The number of hydrogen-bond acceptors (Lipinski definition) is 4. The van der Waals surface area contributed by atoms with E-state index in [2.05, 4.69) is 20.7 Å². The predicted molar refractivity (Wildman–Crippen MR) is 90.8 cm³/mol. The predicted octanol–water partition coefficient (Wildman–Crippen LogP) is 2.19. The van der Waals surface area contributed by atoms with Crippen LogP contribution in [0.15, 0.2) is 42.7 Å². The van der Waals surface area contributed by atoms with Crippen LogP contribution in [-0.4, -0.2) is 26.7 Å². The zero-order chi connectivity index (χ0) is 17.1. The number of fused-ring (bicyclic) bond motifs is 1. The molecule has 0 radical (unpaired) electrons. The van der Waals surface area contributed by atoms with Gasteiger partial charge in [-0.15, -0.1) is 0 Å². The van der Waals surface area contributed by atoms with Gasteiger partial charge in [-0.2, -0.15) is 5.10 Å². The number of primary amides is 1. The van der Waals surface area contributed by atoms with Crippen molar-refractivity contribution in [2.24, 2.45) is 5.73 Å². The van der Waals surface area contributed by atoms with Crippen molar-refractivity contribution in [1.82, 2.24) is 14.8 Å². The fourth-order valence-electron chi connectivity index (χ4n) is 2.41. The molecule has 0 saturated carbocycles. The van der Waals surface area contributed by atoms with Gasteiger partial charge in [0, 0.05) is 23.8 Å². The Bertz CT molecular complexity index is 904. The number of hydrogen-bond donors (Lipinski definition) is 3. The molecule has 3 aromatic rings. The van der Waals surface area contributed by atoms with E-state index in [1.165, 1.54) is 0 Å². The molecule has 1 aromatic carbocycles. The minimum Gasteiger partial charge on any atom is -0.364 e. The number of amides is 3. The lowest BCUT2D eigenvalue weighted by Gasteiger charge is -2.07. The Hall–Kier alpha value is -3.42. The molecule has 0 aliphatic rings. The van der Waals surface area contributed by atoms with Gasteiger partial charge in [0.05, 0.1) is 17.4 Å². The summed E-state index contributed by atoms with van der Waals surface area (Å²) >= 11 is 0. The van der Waals surface area contributed by atoms with Crippen LogP contribution in [0.3, 0.4) is 0 Å². The summed E-state index contributed by atoms with van der Waals surface area (Å²) in [6, 6.07) is 8.25. The third-order valence-corrected chi connectivity index (χ3v) is 3.46. The first-order valence-electron chi connectivity index (χ1n) is 7.37. The van der Waals surface area contributed by atoms with Crippen LogP contribution >= 0.6 is 0 Å². The number of nitrogens with one attached hydrogen (secondary N) is 2. The van der Waals surface area contributed by atoms with Crippen molar-refractivity contribution >= 4 is 34.2 Å². The molecule has 0 aliphatic heterocycles. The van der Waals surface area contributed by atoms with Gasteiger partial charge in [0.1, 0.15) is 0 Å². The molecule has 0 saturated heterocycles. The van der Waals surface area contributed by atoms with E-state index in [-0.39, 0.29) is 5.69 Å². The van der Waals surface area contributed by atoms with Gasteiger partial charge in [-0.05, 0) is 37.3 Å². The van der Waals surface area contributed by atoms with Gasteiger partial charge in [0.15, 0.2) is 5.69 Å². The summed E-state index contributed by atoms with van der Waals surface area (Å²) in [6.45, 7) is 2.53. The van der Waals surface area contributed by atoms with Crippen molar-refractivity contribution in [2.45, 2.75) is 13.5 Å². The zero-order valence-corrected chi connectivity index (χ0v) is 13.0. The van der Waals surface area contributed by atoms with Crippen LogP contribution in [0.2, 0.25) is 0 Å². The normalized spacial score (nSPS) is 10.5. The quantitative estimate of drug-likeness (QED) is 0.682. The van der Waals surface area contributed by atoms with E-state index in [0.717, 1.165) is 5.52 Å². The highest BCUT2D eigenvalue weighted by molar-refractivity contribution is 6.06. The Balaban J connectivity index is 1.86. The Labute approximate surface area is 137 Å². The van der Waals surface area contributed by atoms with E-state index in [0.29, 0.717) is 23.3 Å². The second-order valence-electron chi connectivity index (χ2n) is 5.08. The van der Waals surface area contributed by atoms with Crippen molar-refractivity contribution in [2.75, 3.05) is 10.6 Å². The second kappa shape index (κ2) is 6.37. The number of carbonyl (C=O) groups excluding carboxylic acids is 2. The number of anilines is 2. The summed E-state index contributed by atoms with van der Waals surface area (Å²) in [5.74, 6) is -0.607. The maximum atomic E-state index is 12.0. The van der Waals surface area contributed by atoms with Crippen LogP contribution in [0.5, 0.6) is 0 Å². The number of aryl methyl sites for hydroxylation is 1. The van der Waals surface area contributed by atoms with E-state index in [1.54, 1.807) is 47.4 Å². The molecule has 0 fully saturated rings. The van der Waals surface area contributed by atoms with Crippen molar-refractivity contribution < 1.29 is 9.59 Å². The smallest absolute Gasteiger partial charge is 0.323 e. The van der Waals surface area contributed by atoms with E-state index in [4.69, 9.17) is 5.73 Å². The minimum atomic E-state index is -0.607. The van der Waals surface area contributed by atoms with Crippen LogP contribution in [0, 0.1) is 0 Å². The molecular formula is C16H16N6O2. The average Bonchev–Trinajstić information content (AvgIpc) is 2.94. The topological polar surface area (TPSA) is 115 Å². The highest BCUT2D eigenvalue weighted by Gasteiger charge is 2.15. The van der Waals surface area contributed by atoms with Gasteiger partial charge in [-0.1, -0.05) is 0 Å². The average molecular weight is 324 g/mol. The molecule has 122 valence electrons. The first kappa shape index (κ1) is 15.5. The Morgan fingerprint density at radius 3 is 2.67 bits per heavy atom. The number of aromatic nitrogens is 3. The molecule has 2 heterocycles. The standard InChI is InChI=1S/C16H16N6O2/c1-2-22-13-6-5-10(8-12(13)14(21-22)15(17)23)19-16(24)20-11-4-3-7-18-9-11/h3-9H,2H2,1H3,(H2,17,23)(H2,19,20,24). The molecule has 8 nitrogen and oxygen atoms in total. The largest absolute Gasteiger partial charge is 0.364 e. The van der Waals surface area contributed by atoms with E-state index in [9.17, 15) is 9.59 Å². The summed E-state index contributed by atoms with van der Waals surface area (Å²) in [5.41, 5.74) is 7.45. The lowest BCUT2D eigenvalue weighted by atomic mass is 10.2. The number of carbonyl (C=O) groups is 2. The minimum absolute atomic E-state index is 0.183. The van der Waals surface area contributed by atoms with E-state index < -0.39 is 11.9 Å². The number of pyridine rings is 1. The van der Waals surface area contributed by atoms with Gasteiger partial charge < -0.3 is 16.4 Å². The van der Waals surface area contributed by atoms with Gasteiger partial charge in [-0.25, -0.2) is 4.79 Å². The molecule has 24 heavy (non-hydrogen) atoms. The number of nitrogens with two attached hydrogens (primary N) is 1. The Morgan fingerprint density at radius 2 is 2.00 bits per heavy atom. The number of nitrogens with zero attached hydrogens (tertiary/aromatic N) is 3. The zero-order valence-electron chi connectivity index (χ0n) is 13.0. The molecule has 3 amide bonds. The van der Waals surface area contributed by atoms with Crippen LogP contribution in [0.4, 0.5) is 16.2 Å². The van der Waals surface area contributed by atoms with Crippen LogP contribution in [0.25, 0.3) is 10.9 Å². The Kier molecular flexibility index (Phi) is 4.11. The van der Waals surface area contributed by atoms with Gasteiger partial charge >= 0.3 is 6.03 Å². The summed E-state index contributed by atoms with van der Waals surface area (Å²) < 4.78 is 1.69. The van der Waals surface area contributed by atoms with Gasteiger partial charge in [-0.3, -0.25) is 14.5 Å². The summed E-state index contributed by atoms with van der Waals surface area (Å²) in [5, 5.41) is 10.2. The van der Waals surface area contributed by atoms with Crippen molar-refractivity contribution in [3.8, 4) is 0 Å². The van der Waals surface area contributed by atoms with Crippen LogP contribution in [-0.2, 0) is 6.54 Å². The fourth-order valence-corrected chi connectivity index (χ4v) is 2.41. The molecule has 4 N–H and O–H groups in total. The molecule has 2 aromatic heterocycles. The first-order valence-corrected chi connectivity index (χ1v) is 7.37. The van der Waals surface area contributed by atoms with Gasteiger partial charge in [0.2, 0.25) is 0 Å². The molecule has 3 rings (SSSR count). The Morgan fingerprint density at radius 1 is 1.21 bits per heavy atom. The maximum Gasteiger partial charge on any atom is 0.323 e. The molecular weight excluding hydrogens is 308 g/mol. The second-order valence-corrected chi connectivity index (χ2v) is 5.08. The van der Waals surface area contributed by atoms with Gasteiger partial charge in [0.25, 0.3) is 5.91 Å². The van der Waals surface area contributed by atoms with Crippen LogP contribution in [0.1, 0.15) is 17.4 Å². The fraction of sp³-hybridized carbons (Fsp3) is 0.125. The molecule has 0 bridgehead atoms. The lowest BCUT2D eigenvalue weighted by Crippen LogP contribution is -2.19. The maximum absolute atomic E-state index is 12.0. The summed E-state index contributed by atoms with van der Waals surface area (Å²) in [6.07, 6.45) is 3.16. The monoisotopic (exact) mass is 324 g/mol. The highest BCUT2D eigenvalue weighted by Crippen LogP contribution is 2.23. The van der Waals surface area contributed by atoms with Crippen molar-refractivity contribution in [3.63, 3.8) is 0 Å². The van der Waals surface area contributed by atoms with Crippen molar-refractivity contribution in [1.29, 1.82) is 0 Å². The number of benzene rings is 1. The molecule has 0 atom stereocenters. The third kappa shape index (κ3) is 3.02. The molecule has 0 unspecified atom stereocenters. The summed E-state index contributed by atoms with van der Waals surface area (Å²) in [7, 11) is 0. The van der Waals surface area contributed by atoms with E-state index in [1.807, 2.05) is 6.92 Å². The van der Waals surface area contributed by atoms with Crippen LogP contribution < -0.4 is 16.4 Å². The highest BCUT2D eigenvalue weighted by atomic mass is 16.2. The lowest BCUT2D eigenvalue weighted by molar-refractivity contribution is 0.0996. The van der Waals surface area contributed by atoms with Crippen molar-refractivity contribution in [3.05, 3.63) is 48.4 Å². The number of rotatable bonds is 4. The number of urea groups is 1. The van der Waals surface area contributed by atoms with E-state index >= 15 is 0 Å². The third-order valence-electron chi connectivity index (χ3n) is 3.46. The molecule has 8 heteroatoms. The molecule has 0 aliphatic carbocycles. The first-order chi connectivity index (χ1) is 11.6. The SMILES string of the molecule is CCn1nc(C(N)=O)c2cc(NC(=O)Nc3cccnc3)ccc21. The summed E-state index contributed by atoms with van der Waals surface area (Å²) in [4.78, 5) is 27.5. The molecule has 0 spiro atoms.